The number of thiazole rings is 1. The lowest BCUT2D eigenvalue weighted by atomic mass is 10.1. The number of aryl methyl sites for hydroxylation is 2. The Kier molecular flexibility index (Phi) is 5.96. The maximum Gasteiger partial charge on any atom is 0.257 e. The van der Waals surface area contributed by atoms with E-state index in [1.54, 1.807) is 30.5 Å². The van der Waals surface area contributed by atoms with Crippen molar-refractivity contribution in [1.82, 2.24) is 14.5 Å². The molecule has 152 valence electrons. The van der Waals surface area contributed by atoms with Gasteiger partial charge in [-0.25, -0.2) is 9.97 Å². The van der Waals surface area contributed by atoms with E-state index in [4.69, 9.17) is 4.74 Å². The number of hydrogen-bond acceptors (Lipinski definition) is 5. The Balaban J connectivity index is 1.41. The van der Waals surface area contributed by atoms with Gasteiger partial charge < -0.3 is 9.30 Å². The van der Waals surface area contributed by atoms with E-state index >= 15 is 0 Å². The highest BCUT2D eigenvalue weighted by Gasteiger charge is 2.13. The van der Waals surface area contributed by atoms with Crippen LogP contribution in [0.1, 0.15) is 21.1 Å². The smallest absolute Gasteiger partial charge is 0.257 e. The number of ether oxygens (including phenoxy) is 1. The van der Waals surface area contributed by atoms with Crippen molar-refractivity contribution in [2.45, 2.75) is 13.5 Å². The van der Waals surface area contributed by atoms with E-state index < -0.39 is 0 Å². The van der Waals surface area contributed by atoms with Crippen molar-refractivity contribution < 1.29 is 9.53 Å². The molecule has 0 atom stereocenters. The SMILES string of the molecule is Cc1sc(NC(=O)c2ccc(OCc3nccn3C)cc2)nc1-c1ccc(Br)cc1. The van der Waals surface area contributed by atoms with E-state index in [0.717, 1.165) is 26.4 Å². The summed E-state index contributed by atoms with van der Waals surface area (Å²) in [5.41, 5.74) is 2.43. The quantitative estimate of drug-likeness (QED) is 0.396. The standard InChI is InChI=1S/C22H19BrN4O2S/c1-14-20(15-3-7-17(23)8-4-15)25-22(30-14)26-21(28)16-5-9-18(10-6-16)29-13-19-24-11-12-27(19)2/h3-12H,13H2,1-2H3,(H,25,26,28). The van der Waals surface area contributed by atoms with E-state index in [-0.39, 0.29) is 5.91 Å². The molecule has 2 heterocycles. The molecule has 0 aliphatic rings. The summed E-state index contributed by atoms with van der Waals surface area (Å²) in [6, 6.07) is 15.0. The lowest BCUT2D eigenvalue weighted by Crippen LogP contribution is -2.11. The largest absolute Gasteiger partial charge is 0.486 e. The molecule has 1 amide bonds. The van der Waals surface area contributed by atoms with Gasteiger partial charge in [-0.2, -0.15) is 0 Å². The van der Waals surface area contributed by atoms with Crippen LogP contribution in [-0.2, 0) is 13.7 Å². The Morgan fingerprint density at radius 2 is 1.90 bits per heavy atom. The fourth-order valence-corrected chi connectivity index (χ4v) is 3.98. The zero-order valence-electron chi connectivity index (χ0n) is 16.4. The van der Waals surface area contributed by atoms with Crippen molar-refractivity contribution in [1.29, 1.82) is 0 Å². The highest BCUT2D eigenvalue weighted by Crippen LogP contribution is 2.31. The summed E-state index contributed by atoms with van der Waals surface area (Å²) in [6.45, 7) is 2.37. The van der Waals surface area contributed by atoms with E-state index in [0.29, 0.717) is 23.1 Å². The Morgan fingerprint density at radius 1 is 1.17 bits per heavy atom. The molecule has 0 bridgehead atoms. The molecule has 1 N–H and O–H groups in total. The van der Waals surface area contributed by atoms with Gasteiger partial charge in [-0.1, -0.05) is 28.1 Å². The average molecular weight is 483 g/mol. The predicted octanol–water partition coefficient (Wildman–Crippen LogP) is 5.45. The maximum absolute atomic E-state index is 12.6. The summed E-state index contributed by atoms with van der Waals surface area (Å²) in [7, 11) is 1.92. The Bertz CT molecular complexity index is 1170. The summed E-state index contributed by atoms with van der Waals surface area (Å²) in [5, 5.41) is 3.46. The Labute approximate surface area is 186 Å². The van der Waals surface area contributed by atoms with Crippen molar-refractivity contribution in [3.8, 4) is 17.0 Å². The second-order valence-electron chi connectivity index (χ2n) is 6.65. The number of hydrogen-bond donors (Lipinski definition) is 1. The van der Waals surface area contributed by atoms with Gasteiger partial charge in [0, 0.05) is 39.9 Å². The molecule has 0 unspecified atom stereocenters. The minimum Gasteiger partial charge on any atom is -0.486 e. The number of amides is 1. The van der Waals surface area contributed by atoms with Crippen LogP contribution >= 0.6 is 27.3 Å². The minimum absolute atomic E-state index is 0.207. The number of halogens is 1. The fraction of sp³-hybridized carbons (Fsp3) is 0.136. The number of nitrogens with zero attached hydrogens (tertiary/aromatic N) is 3. The number of imidazole rings is 1. The zero-order valence-corrected chi connectivity index (χ0v) is 18.8. The van der Waals surface area contributed by atoms with Gasteiger partial charge in [0.05, 0.1) is 5.69 Å². The minimum atomic E-state index is -0.207. The molecule has 0 saturated heterocycles. The van der Waals surface area contributed by atoms with Crippen LogP contribution in [0.4, 0.5) is 5.13 Å². The van der Waals surface area contributed by atoms with Gasteiger partial charge in [0.1, 0.15) is 18.2 Å². The van der Waals surface area contributed by atoms with Crippen LogP contribution in [0.3, 0.4) is 0 Å². The molecule has 0 spiro atoms. The van der Waals surface area contributed by atoms with Gasteiger partial charge in [-0.15, -0.1) is 11.3 Å². The molecule has 0 radical (unpaired) electrons. The van der Waals surface area contributed by atoms with Gasteiger partial charge in [0.15, 0.2) is 5.13 Å². The van der Waals surface area contributed by atoms with Gasteiger partial charge >= 0.3 is 0 Å². The Morgan fingerprint density at radius 3 is 2.57 bits per heavy atom. The Hall–Kier alpha value is -2.97. The van der Waals surface area contributed by atoms with Crippen LogP contribution in [0.5, 0.6) is 5.75 Å². The monoisotopic (exact) mass is 482 g/mol. The number of carbonyl (C=O) groups is 1. The summed E-state index contributed by atoms with van der Waals surface area (Å²) >= 11 is 4.90. The van der Waals surface area contributed by atoms with Crippen LogP contribution < -0.4 is 10.1 Å². The molecule has 0 aliphatic carbocycles. The molecule has 2 aromatic carbocycles. The molecular weight excluding hydrogens is 464 g/mol. The summed E-state index contributed by atoms with van der Waals surface area (Å²) < 4.78 is 8.65. The molecule has 0 saturated carbocycles. The van der Waals surface area contributed by atoms with Crippen molar-refractivity contribution in [3.05, 3.63) is 81.7 Å². The predicted molar refractivity (Wildman–Crippen MR) is 122 cm³/mol. The van der Waals surface area contributed by atoms with Gasteiger partial charge in [-0.05, 0) is 43.3 Å². The molecule has 0 aliphatic heterocycles. The third kappa shape index (κ3) is 4.60. The second-order valence-corrected chi connectivity index (χ2v) is 8.77. The summed E-state index contributed by atoms with van der Waals surface area (Å²) in [5.74, 6) is 1.30. The third-order valence-electron chi connectivity index (χ3n) is 4.54. The number of aromatic nitrogens is 3. The van der Waals surface area contributed by atoms with Crippen LogP contribution in [0.2, 0.25) is 0 Å². The van der Waals surface area contributed by atoms with Crippen LogP contribution in [-0.4, -0.2) is 20.4 Å². The molecule has 30 heavy (non-hydrogen) atoms. The molecule has 4 rings (SSSR count). The van der Waals surface area contributed by atoms with E-state index in [1.807, 2.05) is 49.0 Å². The fourth-order valence-electron chi connectivity index (χ4n) is 2.88. The van der Waals surface area contributed by atoms with Crippen molar-refractivity contribution in [3.63, 3.8) is 0 Å². The molecule has 6 nitrogen and oxygen atoms in total. The number of rotatable bonds is 6. The number of carbonyl (C=O) groups excluding carboxylic acids is 1. The second kappa shape index (κ2) is 8.81. The number of nitrogens with one attached hydrogen (secondary N) is 1. The highest BCUT2D eigenvalue weighted by molar-refractivity contribution is 9.10. The van der Waals surface area contributed by atoms with Crippen molar-refractivity contribution >= 4 is 38.3 Å². The van der Waals surface area contributed by atoms with Crippen LogP contribution in [0, 0.1) is 6.92 Å². The van der Waals surface area contributed by atoms with Gasteiger partial charge in [0.2, 0.25) is 0 Å². The van der Waals surface area contributed by atoms with E-state index in [2.05, 4.69) is 31.2 Å². The van der Waals surface area contributed by atoms with Crippen molar-refractivity contribution in [2.24, 2.45) is 7.05 Å². The molecule has 8 heteroatoms. The number of benzene rings is 2. The van der Waals surface area contributed by atoms with Crippen molar-refractivity contribution in [2.75, 3.05) is 5.32 Å². The zero-order chi connectivity index (χ0) is 21.1. The van der Waals surface area contributed by atoms with E-state index in [1.165, 1.54) is 11.3 Å². The first kappa shape index (κ1) is 20.3. The lowest BCUT2D eigenvalue weighted by Gasteiger charge is -2.07. The average Bonchev–Trinajstić information content (AvgIpc) is 3.32. The molecule has 0 fully saturated rings. The first-order chi connectivity index (χ1) is 14.5. The highest BCUT2D eigenvalue weighted by atomic mass is 79.9. The van der Waals surface area contributed by atoms with E-state index in [9.17, 15) is 4.79 Å². The van der Waals surface area contributed by atoms with Crippen LogP contribution in [0.25, 0.3) is 11.3 Å². The lowest BCUT2D eigenvalue weighted by molar-refractivity contribution is 0.102. The number of anilines is 1. The topological polar surface area (TPSA) is 69.0 Å². The molecule has 4 aromatic rings. The molecule has 2 aromatic heterocycles. The van der Waals surface area contributed by atoms with Gasteiger partial charge in [0.25, 0.3) is 5.91 Å². The first-order valence-electron chi connectivity index (χ1n) is 9.23. The normalized spacial score (nSPS) is 10.8. The summed E-state index contributed by atoms with van der Waals surface area (Å²) in [6.07, 6.45) is 3.60. The summed E-state index contributed by atoms with van der Waals surface area (Å²) in [4.78, 5) is 22.5. The van der Waals surface area contributed by atoms with Crippen LogP contribution in [0.15, 0.2) is 65.4 Å². The van der Waals surface area contributed by atoms with Gasteiger partial charge in [-0.3, -0.25) is 10.1 Å². The first-order valence-corrected chi connectivity index (χ1v) is 10.8. The maximum atomic E-state index is 12.6. The molecular formula is C22H19BrN4O2S. The third-order valence-corrected chi connectivity index (χ3v) is 5.96.